The predicted octanol–water partition coefficient (Wildman–Crippen LogP) is 1.80. The number of likely N-dealkylation sites (tertiary alicyclic amines) is 1. The van der Waals surface area contributed by atoms with Crippen LogP contribution in [0.1, 0.15) is 25.7 Å². The molecule has 56 valence electrons. The first-order valence-corrected chi connectivity index (χ1v) is 4.37. The Balaban J connectivity index is 1.91. The normalized spacial score (nSPS) is 33.8. The summed E-state index contributed by atoms with van der Waals surface area (Å²) in [5.74, 6) is 0. The molecular formula is C9H15N. The number of hydrogen-bond acceptors (Lipinski definition) is 1. The van der Waals surface area contributed by atoms with Crippen LogP contribution in [0.2, 0.25) is 0 Å². The summed E-state index contributed by atoms with van der Waals surface area (Å²) in [4.78, 5) is 2.61. The Labute approximate surface area is 62.7 Å². The van der Waals surface area contributed by atoms with Crippen molar-refractivity contribution in [2.75, 3.05) is 13.1 Å². The molecule has 0 bridgehead atoms. The molecule has 10 heavy (non-hydrogen) atoms. The molecule has 1 unspecified atom stereocenters. The summed E-state index contributed by atoms with van der Waals surface area (Å²) >= 11 is 0. The van der Waals surface area contributed by atoms with Gasteiger partial charge in [0.15, 0.2) is 0 Å². The zero-order valence-electron chi connectivity index (χ0n) is 6.42. The third-order valence-electron chi connectivity index (χ3n) is 2.60. The fourth-order valence-corrected chi connectivity index (χ4v) is 1.99. The molecule has 0 aromatic rings. The average molecular weight is 137 g/mol. The third kappa shape index (κ3) is 1.10. The summed E-state index contributed by atoms with van der Waals surface area (Å²) in [5, 5.41) is 0. The van der Waals surface area contributed by atoms with E-state index in [0.717, 1.165) is 6.04 Å². The molecule has 1 heteroatoms. The number of rotatable bonds is 1. The molecule has 1 heterocycles. The van der Waals surface area contributed by atoms with Crippen LogP contribution in [0.25, 0.3) is 0 Å². The Kier molecular flexibility index (Phi) is 1.76. The van der Waals surface area contributed by atoms with E-state index in [1.165, 1.54) is 38.8 Å². The molecule has 1 aliphatic carbocycles. The zero-order chi connectivity index (χ0) is 6.81. The lowest BCUT2D eigenvalue weighted by Crippen LogP contribution is -2.29. The summed E-state index contributed by atoms with van der Waals surface area (Å²) in [6.45, 7) is 2.68. The van der Waals surface area contributed by atoms with Crippen LogP contribution in [0.3, 0.4) is 0 Å². The van der Waals surface area contributed by atoms with E-state index in [1.54, 1.807) is 0 Å². The van der Waals surface area contributed by atoms with Gasteiger partial charge in [-0.05, 0) is 38.8 Å². The minimum Gasteiger partial charge on any atom is -0.297 e. The van der Waals surface area contributed by atoms with Crippen molar-refractivity contribution in [3.8, 4) is 0 Å². The summed E-state index contributed by atoms with van der Waals surface area (Å²) < 4.78 is 0. The lowest BCUT2D eigenvalue weighted by molar-refractivity contribution is 0.281. The SMILES string of the molecule is C1=CC(N2CCCC2)CC1. The molecule has 0 spiro atoms. The van der Waals surface area contributed by atoms with Crippen LogP contribution in [-0.4, -0.2) is 24.0 Å². The van der Waals surface area contributed by atoms with E-state index >= 15 is 0 Å². The Morgan fingerprint density at radius 1 is 1.20 bits per heavy atom. The van der Waals surface area contributed by atoms with Gasteiger partial charge >= 0.3 is 0 Å². The minimum absolute atomic E-state index is 0.808. The molecule has 0 N–H and O–H groups in total. The second kappa shape index (κ2) is 2.75. The summed E-state index contributed by atoms with van der Waals surface area (Å²) in [7, 11) is 0. The van der Waals surface area contributed by atoms with Gasteiger partial charge in [-0.1, -0.05) is 12.2 Å². The number of hydrogen-bond donors (Lipinski definition) is 0. The van der Waals surface area contributed by atoms with Gasteiger partial charge in [0.25, 0.3) is 0 Å². The summed E-state index contributed by atoms with van der Waals surface area (Å²) in [6, 6.07) is 0.808. The van der Waals surface area contributed by atoms with E-state index in [2.05, 4.69) is 17.1 Å². The van der Waals surface area contributed by atoms with Crippen LogP contribution in [0.4, 0.5) is 0 Å². The van der Waals surface area contributed by atoms with Gasteiger partial charge in [0.2, 0.25) is 0 Å². The highest BCUT2D eigenvalue weighted by molar-refractivity contribution is 5.02. The van der Waals surface area contributed by atoms with Gasteiger partial charge in [0, 0.05) is 6.04 Å². The first kappa shape index (κ1) is 6.41. The first-order chi connectivity index (χ1) is 4.97. The molecule has 1 fully saturated rings. The maximum Gasteiger partial charge on any atom is 0.0281 e. The second-order valence-corrected chi connectivity index (χ2v) is 3.32. The molecule has 1 atom stereocenters. The molecule has 0 aromatic heterocycles. The van der Waals surface area contributed by atoms with Crippen molar-refractivity contribution in [2.45, 2.75) is 31.7 Å². The molecule has 0 aromatic carbocycles. The highest BCUT2D eigenvalue weighted by Crippen LogP contribution is 2.20. The van der Waals surface area contributed by atoms with Crippen molar-refractivity contribution in [3.63, 3.8) is 0 Å². The van der Waals surface area contributed by atoms with E-state index in [4.69, 9.17) is 0 Å². The Morgan fingerprint density at radius 3 is 2.60 bits per heavy atom. The van der Waals surface area contributed by atoms with Crippen molar-refractivity contribution >= 4 is 0 Å². The Bertz CT molecular complexity index is 134. The van der Waals surface area contributed by atoms with Crippen molar-refractivity contribution in [1.82, 2.24) is 4.90 Å². The molecular weight excluding hydrogens is 122 g/mol. The Hall–Kier alpha value is -0.300. The maximum absolute atomic E-state index is 2.61. The quantitative estimate of drug-likeness (QED) is 0.498. The van der Waals surface area contributed by atoms with Gasteiger partial charge in [-0.3, -0.25) is 4.90 Å². The minimum atomic E-state index is 0.808. The molecule has 1 nitrogen and oxygen atoms in total. The van der Waals surface area contributed by atoms with Gasteiger partial charge in [0.1, 0.15) is 0 Å². The molecule has 0 amide bonds. The van der Waals surface area contributed by atoms with Crippen LogP contribution in [-0.2, 0) is 0 Å². The van der Waals surface area contributed by atoms with Gasteiger partial charge in [-0.2, -0.15) is 0 Å². The van der Waals surface area contributed by atoms with Gasteiger partial charge in [-0.25, -0.2) is 0 Å². The Morgan fingerprint density at radius 2 is 2.00 bits per heavy atom. The largest absolute Gasteiger partial charge is 0.297 e. The van der Waals surface area contributed by atoms with Crippen molar-refractivity contribution < 1.29 is 0 Å². The van der Waals surface area contributed by atoms with Crippen molar-refractivity contribution in [3.05, 3.63) is 12.2 Å². The first-order valence-electron chi connectivity index (χ1n) is 4.37. The van der Waals surface area contributed by atoms with Crippen LogP contribution in [0, 0.1) is 0 Å². The van der Waals surface area contributed by atoms with E-state index in [0.29, 0.717) is 0 Å². The zero-order valence-corrected chi connectivity index (χ0v) is 6.42. The lowest BCUT2D eigenvalue weighted by Gasteiger charge is -2.20. The standard InChI is InChI=1S/C9H15N/c1-2-6-9(5-1)10-7-3-4-8-10/h1,5,9H,2-4,6-8H2. The maximum atomic E-state index is 2.61. The molecule has 2 aliphatic rings. The molecule has 0 saturated carbocycles. The topological polar surface area (TPSA) is 3.24 Å². The second-order valence-electron chi connectivity index (χ2n) is 3.32. The van der Waals surface area contributed by atoms with E-state index in [-0.39, 0.29) is 0 Å². The molecule has 0 radical (unpaired) electrons. The van der Waals surface area contributed by atoms with Gasteiger partial charge in [0.05, 0.1) is 0 Å². The summed E-state index contributed by atoms with van der Waals surface area (Å²) in [6.07, 6.45) is 10.2. The highest BCUT2D eigenvalue weighted by Gasteiger charge is 2.20. The summed E-state index contributed by atoms with van der Waals surface area (Å²) in [5.41, 5.74) is 0. The molecule has 1 aliphatic heterocycles. The fraction of sp³-hybridized carbons (Fsp3) is 0.778. The van der Waals surface area contributed by atoms with E-state index in [1.807, 2.05) is 0 Å². The van der Waals surface area contributed by atoms with Crippen molar-refractivity contribution in [1.29, 1.82) is 0 Å². The predicted molar refractivity (Wildman–Crippen MR) is 43.0 cm³/mol. The van der Waals surface area contributed by atoms with Crippen LogP contribution >= 0.6 is 0 Å². The third-order valence-corrected chi connectivity index (χ3v) is 2.60. The number of allylic oxidation sites excluding steroid dienone is 1. The van der Waals surface area contributed by atoms with Gasteiger partial charge < -0.3 is 0 Å². The van der Waals surface area contributed by atoms with Crippen molar-refractivity contribution in [2.24, 2.45) is 0 Å². The van der Waals surface area contributed by atoms with Gasteiger partial charge in [-0.15, -0.1) is 0 Å². The monoisotopic (exact) mass is 137 g/mol. The number of nitrogens with zero attached hydrogens (tertiary/aromatic N) is 1. The average Bonchev–Trinajstić information content (AvgIpc) is 2.59. The van der Waals surface area contributed by atoms with Crippen LogP contribution in [0.15, 0.2) is 12.2 Å². The molecule has 2 rings (SSSR count). The lowest BCUT2D eigenvalue weighted by atomic mass is 10.2. The van der Waals surface area contributed by atoms with Crippen LogP contribution < -0.4 is 0 Å². The van der Waals surface area contributed by atoms with Crippen LogP contribution in [0.5, 0.6) is 0 Å². The highest BCUT2D eigenvalue weighted by atomic mass is 15.2. The fourth-order valence-electron chi connectivity index (χ4n) is 1.99. The molecule has 1 saturated heterocycles. The smallest absolute Gasteiger partial charge is 0.0281 e. The van der Waals surface area contributed by atoms with E-state index in [9.17, 15) is 0 Å². The van der Waals surface area contributed by atoms with E-state index < -0.39 is 0 Å².